The average molecular weight is 1070 g/mol. The monoisotopic (exact) mass is 1060 g/mol. The molecular formula is C50H80N8O17. The molecule has 3 fully saturated rings. The smallest absolute Gasteiger partial charge is 0.248 e. The number of unbranched alkanes of at least 4 members (excludes halogenated alkanes) is 5. The molecule has 75 heavy (non-hydrogen) atoms. The van der Waals surface area contributed by atoms with E-state index in [1.165, 1.54) is 6.42 Å². The minimum atomic E-state index is -2.36. The summed E-state index contributed by atoms with van der Waals surface area (Å²) in [5.41, 5.74) is 5.21. The van der Waals surface area contributed by atoms with Gasteiger partial charge < -0.3 is 88.1 Å². The number of fused-ring (bicyclic) bond motifs is 2. The molecule has 25 nitrogen and oxygen atoms in total. The van der Waals surface area contributed by atoms with Gasteiger partial charge in [-0.2, -0.15) is 0 Å². The highest BCUT2D eigenvalue weighted by Crippen LogP contribution is 2.27. The first-order valence-corrected chi connectivity index (χ1v) is 26.0. The molecule has 1 aromatic carbocycles. The number of primary amides is 1. The van der Waals surface area contributed by atoms with Crippen LogP contribution in [-0.4, -0.2) is 195 Å². The standard InChI is InChI=1S/C50H80N8O17/c1-5-25(2)20-26(3)12-10-8-6-7-9-11-13-37(66)52-31-22-35(64)46(71)56-48(73)41-33(62)18-19-57(41)50(75)39(34(63)23-36(51)65)54-47(72)40(43(68)42(67)28-14-16-29(60)17-15-28)55-45(70)32-21-30(61)24-58(32)49(74)38(27(4)59)53-44(31)69/h14-17,25-27,30-35,38-43,46,59-64,67-68,71H,5-13,18-24H2,1-4H3,(H2,51,65)(H,52,66)(H,53,69)(H,54,72)(H,55,70)(H,56,73)/t25-,26+,27+,30+,31-,32-,33-,34+,35+,38+,39-,40-,41-,42-,43-,46+/m0/s1. The number of rotatable bonds is 20. The molecule has 1 aromatic rings. The number of aliphatic hydroxyl groups is 8. The first-order chi connectivity index (χ1) is 35.3. The summed E-state index contributed by atoms with van der Waals surface area (Å²) in [4.78, 5) is 112. The lowest BCUT2D eigenvalue weighted by Crippen LogP contribution is -2.64. The van der Waals surface area contributed by atoms with Crippen molar-refractivity contribution in [2.75, 3.05) is 13.1 Å². The Labute approximate surface area is 436 Å². The van der Waals surface area contributed by atoms with Crippen LogP contribution in [0.25, 0.3) is 0 Å². The summed E-state index contributed by atoms with van der Waals surface area (Å²) in [5, 5.41) is 110. The molecule has 0 unspecified atom stereocenters. The third-order valence-corrected chi connectivity index (χ3v) is 14.3. The Kier molecular flexibility index (Phi) is 24.1. The molecule has 25 heteroatoms. The van der Waals surface area contributed by atoms with E-state index in [2.05, 4.69) is 47.4 Å². The Balaban J connectivity index is 1.69. The van der Waals surface area contributed by atoms with Crippen molar-refractivity contribution in [1.29, 1.82) is 0 Å². The van der Waals surface area contributed by atoms with Crippen molar-refractivity contribution < 1.29 is 84.3 Å². The zero-order valence-corrected chi connectivity index (χ0v) is 43.1. The number of aliphatic hydroxyl groups excluding tert-OH is 8. The van der Waals surface area contributed by atoms with E-state index in [1.54, 1.807) is 0 Å². The van der Waals surface area contributed by atoms with Crippen LogP contribution in [0.1, 0.15) is 129 Å². The zero-order valence-electron chi connectivity index (χ0n) is 43.1. The second-order valence-corrected chi connectivity index (χ2v) is 20.6. The van der Waals surface area contributed by atoms with Gasteiger partial charge in [-0.1, -0.05) is 77.8 Å². The van der Waals surface area contributed by atoms with Crippen molar-refractivity contribution in [3.63, 3.8) is 0 Å². The summed E-state index contributed by atoms with van der Waals surface area (Å²) in [5.74, 6) is -8.59. The molecule has 3 heterocycles. The fourth-order valence-corrected chi connectivity index (χ4v) is 9.79. The average Bonchev–Trinajstić information content (AvgIpc) is 3.95. The van der Waals surface area contributed by atoms with E-state index >= 15 is 0 Å². The van der Waals surface area contributed by atoms with Gasteiger partial charge in [0.15, 0.2) is 6.23 Å². The zero-order chi connectivity index (χ0) is 55.8. The number of benzene rings is 1. The number of nitrogens with two attached hydrogens (primary N) is 1. The molecule has 3 saturated heterocycles. The number of hydrogen-bond acceptors (Lipinski definition) is 17. The molecule has 3 aliphatic heterocycles. The van der Waals surface area contributed by atoms with E-state index in [4.69, 9.17) is 5.73 Å². The number of carbonyl (C=O) groups is 8. The number of aromatic hydroxyl groups is 1. The summed E-state index contributed by atoms with van der Waals surface area (Å²) in [7, 11) is 0. The number of amides is 8. The van der Waals surface area contributed by atoms with Crippen LogP contribution < -0.4 is 32.3 Å². The Bertz CT molecular complexity index is 2100. The number of nitrogens with one attached hydrogen (secondary N) is 5. The Morgan fingerprint density at radius 2 is 1.32 bits per heavy atom. The highest BCUT2D eigenvalue weighted by Gasteiger charge is 2.49. The molecule has 8 amide bonds. The predicted octanol–water partition coefficient (Wildman–Crippen LogP) is -3.34. The minimum absolute atomic E-state index is 0.0795. The number of nitrogens with zero attached hydrogens (tertiary/aromatic N) is 2. The van der Waals surface area contributed by atoms with Crippen LogP contribution in [0.15, 0.2) is 24.3 Å². The largest absolute Gasteiger partial charge is 0.508 e. The van der Waals surface area contributed by atoms with Gasteiger partial charge in [-0.3, -0.25) is 38.4 Å². The van der Waals surface area contributed by atoms with Crippen LogP contribution in [0, 0.1) is 11.8 Å². The third kappa shape index (κ3) is 17.8. The van der Waals surface area contributed by atoms with Crippen molar-refractivity contribution in [1.82, 2.24) is 36.4 Å². The minimum Gasteiger partial charge on any atom is -0.508 e. The molecule has 3 aliphatic rings. The van der Waals surface area contributed by atoms with Gasteiger partial charge in [-0.05, 0) is 55.7 Å². The SMILES string of the molecule is CC[C@H](C)C[C@H](C)CCCCCCCCC(=O)N[C@H]1C[C@@H](O)[C@@H](O)NC(=O)[C@@H]2[C@@H](O)CCN2C(=O)[C@H]([C@H](O)CC(N)=O)NC(=O)[C@H]([C@H](O)[C@@H](O)c2ccc(O)cc2)NC(=O)[C@@H]2C[C@@H](O)CN2C(=O)[C@@H]([C@@H](C)O)NC1=O. The molecule has 0 aromatic heterocycles. The first-order valence-electron chi connectivity index (χ1n) is 26.0. The fourth-order valence-electron chi connectivity index (χ4n) is 9.79. The van der Waals surface area contributed by atoms with Crippen LogP contribution in [0.3, 0.4) is 0 Å². The summed E-state index contributed by atoms with van der Waals surface area (Å²) in [6.07, 6.45) is -10.2. The molecule has 0 radical (unpaired) electrons. The van der Waals surface area contributed by atoms with Crippen molar-refractivity contribution in [2.24, 2.45) is 17.6 Å². The van der Waals surface area contributed by atoms with E-state index in [0.717, 1.165) is 74.6 Å². The van der Waals surface area contributed by atoms with Gasteiger partial charge in [-0.25, -0.2) is 0 Å². The van der Waals surface area contributed by atoms with Gasteiger partial charge in [0, 0.05) is 32.4 Å². The van der Waals surface area contributed by atoms with Gasteiger partial charge in [0.05, 0.1) is 30.8 Å². The second kappa shape index (κ2) is 29.1. The highest BCUT2D eigenvalue weighted by atomic mass is 16.3. The lowest BCUT2D eigenvalue weighted by atomic mass is 9.91. The first kappa shape index (κ1) is 62.0. The van der Waals surface area contributed by atoms with Gasteiger partial charge in [0.1, 0.15) is 60.3 Å². The van der Waals surface area contributed by atoms with Gasteiger partial charge in [0.25, 0.3) is 0 Å². The van der Waals surface area contributed by atoms with Crippen LogP contribution in [0.5, 0.6) is 5.75 Å². The van der Waals surface area contributed by atoms with E-state index in [9.17, 15) is 84.3 Å². The lowest BCUT2D eigenvalue weighted by molar-refractivity contribution is -0.149. The summed E-state index contributed by atoms with van der Waals surface area (Å²) >= 11 is 0. The lowest BCUT2D eigenvalue weighted by Gasteiger charge is -2.34. The van der Waals surface area contributed by atoms with Crippen LogP contribution in [0.2, 0.25) is 0 Å². The number of hydrogen-bond donors (Lipinski definition) is 15. The van der Waals surface area contributed by atoms with Crippen LogP contribution >= 0.6 is 0 Å². The summed E-state index contributed by atoms with van der Waals surface area (Å²) in [6.45, 7) is 6.76. The molecule has 16 atom stereocenters. The van der Waals surface area contributed by atoms with Gasteiger partial charge in [-0.15, -0.1) is 0 Å². The highest BCUT2D eigenvalue weighted by molar-refractivity contribution is 5.98. The van der Waals surface area contributed by atoms with Crippen LogP contribution in [0.4, 0.5) is 0 Å². The topological polar surface area (TPSA) is 411 Å². The number of phenolic OH excluding ortho intramolecular Hbond substituents is 1. The predicted molar refractivity (Wildman–Crippen MR) is 265 cm³/mol. The van der Waals surface area contributed by atoms with Gasteiger partial charge >= 0.3 is 0 Å². The molecule has 0 aliphatic carbocycles. The van der Waals surface area contributed by atoms with Crippen molar-refractivity contribution in [2.45, 2.75) is 203 Å². The molecule has 0 bridgehead atoms. The molecule has 0 saturated carbocycles. The van der Waals surface area contributed by atoms with E-state index in [0.29, 0.717) is 29.6 Å². The summed E-state index contributed by atoms with van der Waals surface area (Å²) < 4.78 is 0. The number of phenols is 1. The van der Waals surface area contributed by atoms with E-state index in [-0.39, 0.29) is 24.2 Å². The maximum Gasteiger partial charge on any atom is 0.248 e. The Morgan fingerprint density at radius 1 is 0.720 bits per heavy atom. The maximum atomic E-state index is 14.4. The Morgan fingerprint density at radius 3 is 1.95 bits per heavy atom. The molecule has 422 valence electrons. The van der Waals surface area contributed by atoms with Crippen molar-refractivity contribution in [3.05, 3.63) is 29.8 Å². The maximum absolute atomic E-state index is 14.4. The summed E-state index contributed by atoms with van der Waals surface area (Å²) in [6, 6.07) is -7.37. The van der Waals surface area contributed by atoms with E-state index in [1.807, 2.05) is 0 Å². The quantitative estimate of drug-likeness (QED) is 0.0568. The molecule has 16 N–H and O–H groups in total. The fraction of sp³-hybridized carbons (Fsp3) is 0.720. The van der Waals surface area contributed by atoms with E-state index < -0.39 is 165 Å². The van der Waals surface area contributed by atoms with Crippen molar-refractivity contribution >= 4 is 47.3 Å². The number of carbonyl (C=O) groups excluding carboxylic acids is 8. The molecular weight excluding hydrogens is 985 g/mol. The Hall–Kier alpha value is -5.54. The molecule has 0 spiro atoms. The third-order valence-electron chi connectivity index (χ3n) is 14.3. The second-order valence-electron chi connectivity index (χ2n) is 20.6. The van der Waals surface area contributed by atoms with Gasteiger partial charge in [0.2, 0.25) is 47.3 Å². The van der Waals surface area contributed by atoms with Crippen molar-refractivity contribution in [3.8, 4) is 5.75 Å². The molecule has 4 rings (SSSR count). The normalized spacial score (nSPS) is 29.0. The van der Waals surface area contributed by atoms with Crippen LogP contribution in [-0.2, 0) is 38.4 Å².